The molecular formula is C15H27Cl2N3O2S. The SMILES string of the molecule is CCOC(C)c1nc(CC(=O)N2CC(CN)CC2C)cs1.Cl.Cl. The second-order valence-electron chi connectivity index (χ2n) is 5.68. The van der Waals surface area contributed by atoms with Crippen LogP contribution in [0.3, 0.4) is 0 Å². The maximum atomic E-state index is 12.4. The number of thiazole rings is 1. The van der Waals surface area contributed by atoms with Gasteiger partial charge in [0.1, 0.15) is 11.1 Å². The van der Waals surface area contributed by atoms with E-state index < -0.39 is 0 Å². The van der Waals surface area contributed by atoms with Gasteiger partial charge in [-0.2, -0.15) is 0 Å². The Morgan fingerprint density at radius 1 is 1.57 bits per heavy atom. The summed E-state index contributed by atoms with van der Waals surface area (Å²) in [6.07, 6.45) is 1.37. The number of ether oxygens (including phenoxy) is 1. The fraction of sp³-hybridized carbons (Fsp3) is 0.733. The van der Waals surface area contributed by atoms with E-state index in [4.69, 9.17) is 10.5 Å². The molecule has 0 saturated carbocycles. The lowest BCUT2D eigenvalue weighted by atomic mass is 10.1. The third kappa shape index (κ3) is 5.87. The van der Waals surface area contributed by atoms with Gasteiger partial charge in [-0.15, -0.1) is 36.2 Å². The lowest BCUT2D eigenvalue weighted by Crippen LogP contribution is -2.35. The van der Waals surface area contributed by atoms with Crippen LogP contribution in [-0.4, -0.2) is 41.5 Å². The molecule has 0 radical (unpaired) electrons. The van der Waals surface area contributed by atoms with Crippen molar-refractivity contribution in [2.24, 2.45) is 11.7 Å². The Kier molecular flexibility index (Phi) is 10.3. The summed E-state index contributed by atoms with van der Waals surface area (Å²) in [4.78, 5) is 18.9. The summed E-state index contributed by atoms with van der Waals surface area (Å²) < 4.78 is 5.53. The van der Waals surface area contributed by atoms with Gasteiger partial charge in [-0.05, 0) is 39.7 Å². The first-order valence-electron chi connectivity index (χ1n) is 7.60. The highest BCUT2D eigenvalue weighted by molar-refractivity contribution is 7.09. The quantitative estimate of drug-likeness (QED) is 0.819. The zero-order valence-electron chi connectivity index (χ0n) is 13.9. The Bertz CT molecular complexity index is 487. The van der Waals surface area contributed by atoms with Crippen molar-refractivity contribution in [2.45, 2.75) is 45.8 Å². The number of hydrogen-bond acceptors (Lipinski definition) is 5. The number of rotatable bonds is 6. The number of carbonyl (C=O) groups is 1. The first-order valence-corrected chi connectivity index (χ1v) is 8.48. The molecule has 23 heavy (non-hydrogen) atoms. The average Bonchev–Trinajstić information content (AvgIpc) is 3.05. The van der Waals surface area contributed by atoms with Gasteiger partial charge in [0, 0.05) is 24.6 Å². The Morgan fingerprint density at radius 2 is 2.26 bits per heavy atom. The molecule has 1 saturated heterocycles. The van der Waals surface area contributed by atoms with E-state index in [0.717, 1.165) is 23.7 Å². The van der Waals surface area contributed by atoms with Crippen LogP contribution in [0, 0.1) is 5.92 Å². The molecule has 1 aliphatic rings. The summed E-state index contributed by atoms with van der Waals surface area (Å²) in [5.74, 6) is 0.590. The Morgan fingerprint density at radius 3 is 2.83 bits per heavy atom. The highest BCUT2D eigenvalue weighted by Gasteiger charge is 2.31. The third-order valence-corrected chi connectivity index (χ3v) is 5.04. The number of aromatic nitrogens is 1. The van der Waals surface area contributed by atoms with Crippen molar-refractivity contribution >= 4 is 42.1 Å². The van der Waals surface area contributed by atoms with E-state index >= 15 is 0 Å². The number of halogens is 2. The molecule has 0 spiro atoms. The van der Waals surface area contributed by atoms with Gasteiger partial charge in [0.2, 0.25) is 5.91 Å². The molecule has 0 aliphatic carbocycles. The Balaban J connectivity index is 0.00000242. The van der Waals surface area contributed by atoms with Crippen molar-refractivity contribution in [1.29, 1.82) is 0 Å². The van der Waals surface area contributed by atoms with Crippen molar-refractivity contribution in [1.82, 2.24) is 9.88 Å². The van der Waals surface area contributed by atoms with E-state index in [-0.39, 0.29) is 42.9 Å². The lowest BCUT2D eigenvalue weighted by molar-refractivity contribution is -0.131. The summed E-state index contributed by atoms with van der Waals surface area (Å²) in [7, 11) is 0. The van der Waals surface area contributed by atoms with E-state index in [2.05, 4.69) is 11.9 Å². The summed E-state index contributed by atoms with van der Waals surface area (Å²) in [5.41, 5.74) is 6.56. The number of nitrogens with two attached hydrogens (primary N) is 1. The Labute approximate surface area is 154 Å². The minimum Gasteiger partial charge on any atom is -0.372 e. The topological polar surface area (TPSA) is 68.5 Å². The molecule has 2 rings (SSSR count). The number of amides is 1. The van der Waals surface area contributed by atoms with E-state index in [1.54, 1.807) is 11.3 Å². The summed E-state index contributed by atoms with van der Waals surface area (Å²) in [6, 6.07) is 0.284. The highest BCUT2D eigenvalue weighted by atomic mass is 35.5. The fourth-order valence-electron chi connectivity index (χ4n) is 2.83. The molecule has 0 aromatic carbocycles. The molecule has 3 atom stereocenters. The molecule has 3 unspecified atom stereocenters. The van der Waals surface area contributed by atoms with Crippen LogP contribution in [0.2, 0.25) is 0 Å². The molecule has 5 nitrogen and oxygen atoms in total. The second-order valence-corrected chi connectivity index (χ2v) is 6.57. The van der Waals surface area contributed by atoms with Gasteiger partial charge in [-0.3, -0.25) is 4.79 Å². The zero-order valence-corrected chi connectivity index (χ0v) is 16.3. The van der Waals surface area contributed by atoms with Crippen molar-refractivity contribution in [2.75, 3.05) is 19.7 Å². The molecule has 134 valence electrons. The van der Waals surface area contributed by atoms with E-state index in [9.17, 15) is 4.79 Å². The molecule has 1 amide bonds. The lowest BCUT2D eigenvalue weighted by Gasteiger charge is -2.21. The highest BCUT2D eigenvalue weighted by Crippen LogP contribution is 2.25. The normalized spacial score (nSPS) is 21.5. The molecule has 1 fully saturated rings. The van der Waals surface area contributed by atoms with Gasteiger partial charge in [0.15, 0.2) is 0 Å². The molecule has 2 heterocycles. The fourth-order valence-corrected chi connectivity index (χ4v) is 3.65. The maximum absolute atomic E-state index is 12.4. The van der Waals surface area contributed by atoms with Crippen molar-refractivity contribution in [3.63, 3.8) is 0 Å². The summed E-state index contributed by atoms with van der Waals surface area (Å²) in [6.45, 7) is 8.15. The number of carbonyl (C=O) groups excluding carboxylic acids is 1. The second kappa shape index (κ2) is 10.5. The molecule has 0 bridgehead atoms. The van der Waals surface area contributed by atoms with Gasteiger partial charge in [-0.1, -0.05) is 0 Å². The van der Waals surface area contributed by atoms with Crippen molar-refractivity contribution in [3.8, 4) is 0 Å². The molecular weight excluding hydrogens is 357 g/mol. The summed E-state index contributed by atoms with van der Waals surface area (Å²) >= 11 is 1.56. The van der Waals surface area contributed by atoms with Crippen LogP contribution in [0.25, 0.3) is 0 Å². The first-order chi connectivity index (χ1) is 10.0. The smallest absolute Gasteiger partial charge is 0.228 e. The van der Waals surface area contributed by atoms with Crippen LogP contribution < -0.4 is 5.73 Å². The van der Waals surface area contributed by atoms with E-state index in [0.29, 0.717) is 25.5 Å². The number of hydrogen-bond donors (Lipinski definition) is 1. The van der Waals surface area contributed by atoms with Crippen molar-refractivity contribution < 1.29 is 9.53 Å². The minimum atomic E-state index is -0.00353. The van der Waals surface area contributed by atoms with Crippen LogP contribution in [0.1, 0.15) is 44.0 Å². The zero-order chi connectivity index (χ0) is 15.4. The largest absolute Gasteiger partial charge is 0.372 e. The average molecular weight is 384 g/mol. The predicted molar refractivity (Wildman–Crippen MR) is 98.7 cm³/mol. The molecule has 2 N–H and O–H groups in total. The van der Waals surface area contributed by atoms with Crippen LogP contribution in [0.5, 0.6) is 0 Å². The van der Waals surface area contributed by atoms with E-state index in [1.807, 2.05) is 24.1 Å². The van der Waals surface area contributed by atoms with Crippen LogP contribution in [-0.2, 0) is 16.0 Å². The summed E-state index contributed by atoms with van der Waals surface area (Å²) in [5, 5.41) is 2.90. The number of nitrogens with zero attached hydrogens (tertiary/aromatic N) is 2. The third-order valence-electron chi connectivity index (χ3n) is 3.98. The van der Waals surface area contributed by atoms with Crippen molar-refractivity contribution in [3.05, 3.63) is 16.1 Å². The first kappa shape index (κ1) is 22.6. The van der Waals surface area contributed by atoms with Gasteiger partial charge >= 0.3 is 0 Å². The standard InChI is InChI=1S/C15H25N3O2S.2ClH/c1-4-20-11(3)15-17-13(9-21-15)6-14(19)18-8-12(7-16)5-10(18)2;;/h9-12H,4-8,16H2,1-3H3;2*1H. The van der Waals surface area contributed by atoms with Crippen LogP contribution in [0.15, 0.2) is 5.38 Å². The van der Waals surface area contributed by atoms with Gasteiger partial charge in [-0.25, -0.2) is 4.98 Å². The number of likely N-dealkylation sites (tertiary alicyclic amines) is 1. The Hall–Kier alpha value is -0.400. The monoisotopic (exact) mass is 383 g/mol. The minimum absolute atomic E-state index is 0. The van der Waals surface area contributed by atoms with Gasteiger partial charge in [0.25, 0.3) is 0 Å². The van der Waals surface area contributed by atoms with Gasteiger partial charge < -0.3 is 15.4 Å². The molecule has 1 aliphatic heterocycles. The molecule has 1 aromatic rings. The molecule has 1 aromatic heterocycles. The van der Waals surface area contributed by atoms with Crippen LogP contribution >= 0.6 is 36.2 Å². The van der Waals surface area contributed by atoms with Gasteiger partial charge in [0.05, 0.1) is 12.1 Å². The maximum Gasteiger partial charge on any atom is 0.228 e. The predicted octanol–water partition coefficient (Wildman–Crippen LogP) is 2.82. The van der Waals surface area contributed by atoms with Crippen LogP contribution in [0.4, 0.5) is 0 Å². The van der Waals surface area contributed by atoms with E-state index in [1.165, 1.54) is 0 Å². The molecule has 8 heteroatoms.